The molecule has 4 aromatic rings. The van der Waals surface area contributed by atoms with E-state index in [1.165, 1.54) is 0 Å². The van der Waals surface area contributed by atoms with Gasteiger partial charge in [0, 0.05) is 36.9 Å². The molecule has 0 saturated carbocycles. The van der Waals surface area contributed by atoms with E-state index in [0.29, 0.717) is 11.9 Å². The van der Waals surface area contributed by atoms with Crippen LogP contribution >= 0.6 is 0 Å². The van der Waals surface area contributed by atoms with E-state index >= 15 is 0 Å². The summed E-state index contributed by atoms with van der Waals surface area (Å²) in [7, 11) is 0. The number of anilines is 2. The Morgan fingerprint density at radius 3 is 0.857 bits per heavy atom. The summed E-state index contributed by atoms with van der Waals surface area (Å²) in [5, 5.41) is 40.9. The molecule has 49 heavy (non-hydrogen) atoms. The molecule has 0 aliphatic rings. The second-order valence-corrected chi connectivity index (χ2v) is 6.89. The Balaban J connectivity index is -0.0000000594. The summed E-state index contributed by atoms with van der Waals surface area (Å²) in [6.45, 7) is 3.79. The van der Waals surface area contributed by atoms with Gasteiger partial charge in [0.15, 0.2) is 0 Å². The number of hydrogen-bond donors (Lipinski definition) is 2. The van der Waals surface area contributed by atoms with Crippen molar-refractivity contribution in [3.8, 4) is 0 Å². The van der Waals surface area contributed by atoms with Crippen LogP contribution in [0.25, 0.3) is 0 Å². The Morgan fingerprint density at radius 1 is 0.531 bits per heavy atom. The van der Waals surface area contributed by atoms with Gasteiger partial charge < -0.3 is 83.4 Å². The summed E-state index contributed by atoms with van der Waals surface area (Å²) in [6, 6.07) is 3.72. The van der Waals surface area contributed by atoms with Crippen molar-refractivity contribution in [2.45, 2.75) is 13.8 Å². The number of H-pyrrole nitrogens is 2. The molecule has 1 radical (unpaired) electrons. The van der Waals surface area contributed by atoms with Crippen molar-refractivity contribution in [2.24, 2.45) is 0 Å². The molecular formula is C22H38CoN10O16+2. The van der Waals surface area contributed by atoms with Gasteiger partial charge in [-0.2, -0.15) is 0 Å². The van der Waals surface area contributed by atoms with Crippen molar-refractivity contribution < 1.29 is 110 Å². The maximum atomic E-state index is 10.2. The summed E-state index contributed by atoms with van der Waals surface area (Å²) in [5.74, 6) is -5.84. The van der Waals surface area contributed by atoms with E-state index in [1.807, 2.05) is 26.0 Å². The summed E-state index contributed by atoms with van der Waals surface area (Å²) < 4.78 is 0. The molecule has 0 amide bonds. The van der Waals surface area contributed by atoms with Crippen LogP contribution in [0.2, 0.25) is 0 Å². The van der Waals surface area contributed by atoms with E-state index in [1.54, 1.807) is 12.4 Å². The van der Waals surface area contributed by atoms with Crippen LogP contribution in [0.15, 0.2) is 49.3 Å². The molecule has 24 N–H and O–H groups in total. The quantitative estimate of drug-likeness (QED) is 0.182. The predicted molar refractivity (Wildman–Crippen MR) is 153 cm³/mol. The third-order valence-corrected chi connectivity index (χ3v) is 3.87. The van der Waals surface area contributed by atoms with Crippen molar-refractivity contribution in [2.75, 3.05) is 11.5 Å². The monoisotopic (exact) mass is 757 g/mol. The topological polar surface area (TPSA) is 573 Å². The molecule has 4 rings (SSSR count). The van der Waals surface area contributed by atoms with Crippen LogP contribution in [0, 0.1) is 13.8 Å². The molecular weight excluding hydrogens is 719 g/mol. The maximum absolute atomic E-state index is 10.2. The minimum absolute atomic E-state index is 0. The number of aromatic nitrogens is 8. The number of aromatic carboxylic acids is 4. The third kappa shape index (κ3) is 24.8. The third-order valence-electron chi connectivity index (χ3n) is 3.87. The average Bonchev–Trinajstić information content (AvgIpc) is 2.89. The number of carbonyl (C=O) groups excluding carboxylic acids is 4. The molecule has 26 nitrogen and oxygen atoms in total. The standard InChI is InChI=1S/2C6H4N2O4.2C5H7N3.Co.8H2O/c2*9-5(10)3-4(6(11)12)8-2-1-7-3;2*1-4-2-3-7-5(6)8-4;;;;;;;;;/h2*1-2H,(H,9,10)(H,11,12);2*2-3H,1H3,(H2,6,7,8);;8*1H2/q;;;;+2;;;;;;;;. The van der Waals surface area contributed by atoms with Crippen molar-refractivity contribution >= 4 is 35.8 Å². The first-order valence-electron chi connectivity index (χ1n) is 10.5. The first-order valence-corrected chi connectivity index (χ1v) is 10.5. The zero-order valence-corrected chi connectivity index (χ0v) is 26.3. The molecule has 0 saturated heterocycles. The van der Waals surface area contributed by atoms with Crippen molar-refractivity contribution in [1.82, 2.24) is 29.9 Å². The van der Waals surface area contributed by atoms with Crippen LogP contribution in [-0.4, -0.2) is 86.6 Å². The van der Waals surface area contributed by atoms with Crippen LogP contribution in [0.3, 0.4) is 0 Å². The number of aromatic amines is 2. The predicted octanol–water partition coefficient (Wildman–Crippen LogP) is -12.8. The van der Waals surface area contributed by atoms with Gasteiger partial charge in [-0.3, -0.25) is 31.4 Å². The molecule has 0 bridgehead atoms. The molecule has 0 spiro atoms. The van der Waals surface area contributed by atoms with Crippen LogP contribution in [0.1, 0.15) is 53.3 Å². The number of nitrogens with zero attached hydrogens (tertiary/aromatic N) is 6. The van der Waals surface area contributed by atoms with Crippen LogP contribution < -0.4 is 41.9 Å². The van der Waals surface area contributed by atoms with Crippen molar-refractivity contribution in [3.63, 3.8) is 0 Å². The molecule has 0 aliphatic carbocycles. The summed E-state index contributed by atoms with van der Waals surface area (Å²) in [6.07, 6.45) is 7.74. The first-order chi connectivity index (χ1) is 18.8. The van der Waals surface area contributed by atoms with E-state index in [4.69, 9.17) is 11.5 Å². The van der Waals surface area contributed by atoms with Crippen molar-refractivity contribution in [3.05, 3.63) is 83.5 Å². The number of nitrogen functional groups attached to an aromatic ring is 2. The zero-order chi connectivity index (χ0) is 30.2. The number of rotatable bonds is 4. The summed E-state index contributed by atoms with van der Waals surface area (Å²) in [4.78, 5) is 67.2. The fourth-order valence-electron chi connectivity index (χ4n) is 2.29. The van der Waals surface area contributed by atoms with Gasteiger partial charge >= 0.3 is 28.7 Å². The Kier molecular flexibility index (Phi) is 44.7. The molecule has 4 heterocycles. The number of aryl methyl sites for hydroxylation is 2. The van der Waals surface area contributed by atoms with E-state index in [0.717, 1.165) is 36.2 Å². The van der Waals surface area contributed by atoms with Crippen LogP contribution in [-0.2, 0) is 27.7 Å². The number of nitrogens with two attached hydrogens (primary N) is 2. The maximum Gasteiger partial charge on any atom is 2.00 e. The number of carboxylic acids is 4. The van der Waals surface area contributed by atoms with E-state index in [-0.39, 0.29) is 60.6 Å². The second-order valence-electron chi connectivity index (χ2n) is 6.89. The Hall–Kier alpha value is -6.01. The normalized spacial score (nSPS) is 7.55. The molecule has 4 aromatic heterocycles. The fourth-order valence-corrected chi connectivity index (χ4v) is 2.29. The first kappa shape index (κ1) is 65.6. The SMILES string of the molecule is Cc1cc[nH+]c(N)n1.Cc1cc[nH+]c(N)n1.O.O.O.O.O.O.O=C([O-])c1nccnc1C(=O)[O-].O=C([O-])c1nccnc1C(=O)[O-].[Co+2].[OH3+].[OH3+]. The van der Waals surface area contributed by atoms with Gasteiger partial charge in [0.05, 0.1) is 36.3 Å². The molecule has 0 aliphatic heterocycles. The van der Waals surface area contributed by atoms with E-state index in [2.05, 4.69) is 39.9 Å². The van der Waals surface area contributed by atoms with Gasteiger partial charge in [-0.15, -0.1) is 0 Å². The van der Waals surface area contributed by atoms with Gasteiger partial charge in [-0.25, -0.2) is 9.97 Å². The molecule has 0 unspecified atom stereocenters. The molecule has 0 atom stereocenters. The minimum atomic E-state index is -1.69. The smallest absolute Gasteiger partial charge is 0.543 e. The average molecular weight is 758 g/mol. The number of hydrogen-bond acceptors (Lipinski definition) is 16. The Labute approximate surface area is 284 Å². The molecule has 279 valence electrons. The number of carbonyl (C=O) groups is 4. The molecule has 0 aromatic carbocycles. The summed E-state index contributed by atoms with van der Waals surface area (Å²) in [5.41, 5.74) is 9.55. The van der Waals surface area contributed by atoms with E-state index in [9.17, 15) is 39.6 Å². The van der Waals surface area contributed by atoms with Crippen LogP contribution in [0.4, 0.5) is 11.9 Å². The summed E-state index contributed by atoms with van der Waals surface area (Å²) >= 11 is 0. The molecule has 0 fully saturated rings. The van der Waals surface area contributed by atoms with Gasteiger partial charge in [-0.1, -0.05) is 9.97 Å². The van der Waals surface area contributed by atoms with Gasteiger partial charge in [0.25, 0.3) is 0 Å². The number of nitrogens with one attached hydrogen (secondary N) is 2. The largest absolute Gasteiger partial charge is 2.00 e. The Bertz CT molecular complexity index is 1300. The van der Waals surface area contributed by atoms with Gasteiger partial charge in [-0.05, 0) is 13.8 Å². The van der Waals surface area contributed by atoms with Crippen molar-refractivity contribution in [1.29, 1.82) is 0 Å². The molecule has 27 heteroatoms. The van der Waals surface area contributed by atoms with Crippen LogP contribution in [0.5, 0.6) is 0 Å². The van der Waals surface area contributed by atoms with Gasteiger partial charge in [0.1, 0.15) is 34.2 Å². The number of carboxylic acid groups (broad SMARTS) is 4. The Morgan fingerprint density at radius 2 is 0.735 bits per heavy atom. The minimum Gasteiger partial charge on any atom is -0.543 e. The van der Waals surface area contributed by atoms with Gasteiger partial charge in [0.2, 0.25) is 0 Å². The van der Waals surface area contributed by atoms with E-state index < -0.39 is 46.7 Å². The fraction of sp³-hybridized carbons (Fsp3) is 0.0909. The second kappa shape index (κ2) is 33.4. The zero-order valence-electron chi connectivity index (χ0n) is 25.2.